The largest absolute Gasteiger partial charge is 0.495 e. The highest BCUT2D eigenvalue weighted by Crippen LogP contribution is 2.38. The van der Waals surface area contributed by atoms with Gasteiger partial charge in [-0.2, -0.15) is 0 Å². The normalized spacial score (nSPS) is 19.0. The van der Waals surface area contributed by atoms with Crippen molar-refractivity contribution in [2.75, 3.05) is 12.8 Å². The summed E-state index contributed by atoms with van der Waals surface area (Å²) in [5.41, 5.74) is 9.58. The van der Waals surface area contributed by atoms with E-state index in [-0.39, 0.29) is 0 Å². The van der Waals surface area contributed by atoms with E-state index >= 15 is 0 Å². The quantitative estimate of drug-likeness (QED) is 0.514. The van der Waals surface area contributed by atoms with E-state index in [9.17, 15) is 4.79 Å². The third kappa shape index (κ3) is 2.64. The van der Waals surface area contributed by atoms with Crippen LogP contribution < -0.4 is 11.2 Å². The van der Waals surface area contributed by atoms with E-state index in [4.69, 9.17) is 19.8 Å². The van der Waals surface area contributed by atoms with Gasteiger partial charge in [-0.3, -0.25) is 0 Å². The van der Waals surface area contributed by atoms with Gasteiger partial charge in [-0.15, -0.1) is 0 Å². The summed E-state index contributed by atoms with van der Waals surface area (Å²) >= 11 is 0. The maximum atomic E-state index is 12.2. The summed E-state index contributed by atoms with van der Waals surface area (Å²) in [6, 6.07) is 0. The number of methoxy groups -OCH3 is 1. The second-order valence-corrected chi connectivity index (χ2v) is 7.16. The van der Waals surface area contributed by atoms with Crippen LogP contribution in [0.4, 0.5) is 5.69 Å². The number of anilines is 1. The van der Waals surface area contributed by atoms with Crippen molar-refractivity contribution >= 4 is 24.2 Å². The van der Waals surface area contributed by atoms with Gasteiger partial charge in [0.2, 0.25) is 0 Å². The molecule has 0 aromatic heterocycles. The number of hydrogen-bond acceptors (Lipinski definition) is 5. The monoisotopic (exact) mass is 319 g/mol. The van der Waals surface area contributed by atoms with Crippen LogP contribution in [0.3, 0.4) is 0 Å². The Kier molecular flexibility index (Phi) is 4.28. The fraction of sp³-hybridized carbons (Fsp3) is 0.588. The summed E-state index contributed by atoms with van der Waals surface area (Å²) in [5.74, 6) is -0.399. The first kappa shape index (κ1) is 17.8. The number of esters is 1. The molecule has 126 valence electrons. The molecule has 1 aliphatic heterocycles. The van der Waals surface area contributed by atoms with Gasteiger partial charge in [0.05, 0.1) is 23.9 Å². The van der Waals surface area contributed by atoms with Gasteiger partial charge in [-0.1, -0.05) is 0 Å². The predicted octanol–water partition coefficient (Wildman–Crippen LogP) is 2.28. The maximum Gasteiger partial charge on any atom is 0.495 e. The molecule has 1 aromatic carbocycles. The summed E-state index contributed by atoms with van der Waals surface area (Å²) in [5, 5.41) is 0. The van der Waals surface area contributed by atoms with Crippen LogP contribution in [0, 0.1) is 20.8 Å². The average Bonchev–Trinajstić information content (AvgIpc) is 2.64. The summed E-state index contributed by atoms with van der Waals surface area (Å²) in [4.78, 5) is 12.2. The molecule has 23 heavy (non-hydrogen) atoms. The molecule has 0 unspecified atom stereocenters. The van der Waals surface area contributed by atoms with Crippen LogP contribution in [0.5, 0.6) is 0 Å². The van der Waals surface area contributed by atoms with Crippen molar-refractivity contribution in [2.45, 2.75) is 59.7 Å². The van der Waals surface area contributed by atoms with Crippen molar-refractivity contribution in [1.82, 2.24) is 0 Å². The SMILES string of the molecule is COC(=O)c1c(C)c(N)c(C)c(B2OC(C)(C)C(C)(C)O2)c1C. The third-order valence-electron chi connectivity index (χ3n) is 5.24. The fourth-order valence-electron chi connectivity index (χ4n) is 2.98. The lowest BCUT2D eigenvalue weighted by atomic mass is 9.71. The van der Waals surface area contributed by atoms with Gasteiger partial charge < -0.3 is 19.8 Å². The van der Waals surface area contributed by atoms with Crippen molar-refractivity contribution in [3.05, 3.63) is 22.3 Å². The second-order valence-electron chi connectivity index (χ2n) is 7.16. The van der Waals surface area contributed by atoms with Gasteiger partial charge in [0.1, 0.15) is 0 Å². The molecule has 1 heterocycles. The first-order valence-electron chi connectivity index (χ1n) is 7.77. The molecule has 5 nitrogen and oxygen atoms in total. The molecule has 0 saturated carbocycles. The molecular weight excluding hydrogens is 293 g/mol. The van der Waals surface area contributed by atoms with Crippen LogP contribution in [-0.2, 0) is 14.0 Å². The molecule has 2 rings (SSSR count). The lowest BCUT2D eigenvalue weighted by Gasteiger charge is -2.32. The third-order valence-corrected chi connectivity index (χ3v) is 5.24. The number of nitrogens with two attached hydrogens (primary N) is 1. The molecule has 2 N–H and O–H groups in total. The van der Waals surface area contributed by atoms with Gasteiger partial charge in [0.15, 0.2) is 0 Å². The first-order valence-corrected chi connectivity index (χ1v) is 7.77. The van der Waals surface area contributed by atoms with Gasteiger partial charge in [0, 0.05) is 5.69 Å². The number of hydrogen-bond donors (Lipinski definition) is 1. The number of carbonyl (C=O) groups is 1. The van der Waals surface area contributed by atoms with E-state index < -0.39 is 24.3 Å². The standard InChI is InChI=1S/C17H26BNO4/c1-9-12(15(20)21-8)10(2)14(19)11(3)13(9)18-22-16(4,5)17(6,7)23-18/h19H2,1-8H3. The Hall–Kier alpha value is -1.53. The average molecular weight is 319 g/mol. The van der Waals surface area contributed by atoms with Crippen molar-refractivity contribution < 1.29 is 18.8 Å². The zero-order valence-corrected chi connectivity index (χ0v) is 15.3. The number of ether oxygens (including phenoxy) is 1. The number of benzene rings is 1. The summed E-state index contributed by atoms with van der Waals surface area (Å²) in [6.07, 6.45) is 0. The lowest BCUT2D eigenvalue weighted by molar-refractivity contribution is 0.00578. The minimum atomic E-state index is -0.564. The van der Waals surface area contributed by atoms with Gasteiger partial charge >= 0.3 is 13.1 Å². The molecule has 0 amide bonds. The lowest BCUT2D eigenvalue weighted by Crippen LogP contribution is -2.41. The molecule has 1 aromatic rings. The summed E-state index contributed by atoms with van der Waals surface area (Å²) in [6.45, 7) is 13.6. The molecule has 1 aliphatic rings. The van der Waals surface area contributed by atoms with Crippen molar-refractivity contribution in [2.24, 2.45) is 0 Å². The minimum absolute atomic E-state index is 0.399. The molecule has 0 bridgehead atoms. The molecule has 6 heteroatoms. The molecule has 1 saturated heterocycles. The number of rotatable bonds is 2. The van der Waals surface area contributed by atoms with Crippen LogP contribution in [0.2, 0.25) is 0 Å². The molecule has 0 aliphatic carbocycles. The molecule has 0 radical (unpaired) electrons. The molecule has 0 atom stereocenters. The smallest absolute Gasteiger partial charge is 0.465 e. The van der Waals surface area contributed by atoms with Crippen molar-refractivity contribution in [3.8, 4) is 0 Å². The maximum absolute atomic E-state index is 12.2. The zero-order valence-electron chi connectivity index (χ0n) is 15.3. The Morgan fingerprint density at radius 3 is 1.91 bits per heavy atom. The Bertz CT molecular complexity index is 651. The van der Waals surface area contributed by atoms with Crippen LogP contribution in [0.25, 0.3) is 0 Å². The number of nitrogen functional groups attached to an aromatic ring is 1. The Morgan fingerprint density at radius 1 is 1.00 bits per heavy atom. The van der Waals surface area contributed by atoms with Crippen LogP contribution in [0.1, 0.15) is 54.7 Å². The van der Waals surface area contributed by atoms with Gasteiger partial charge in [0.25, 0.3) is 0 Å². The predicted molar refractivity (Wildman–Crippen MR) is 92.1 cm³/mol. The molecule has 0 spiro atoms. The van der Waals surface area contributed by atoms with E-state index in [0.29, 0.717) is 11.3 Å². The van der Waals surface area contributed by atoms with Gasteiger partial charge in [-0.25, -0.2) is 4.79 Å². The second kappa shape index (κ2) is 5.53. The summed E-state index contributed by atoms with van der Waals surface area (Å²) in [7, 11) is 0.803. The summed E-state index contributed by atoms with van der Waals surface area (Å²) < 4.78 is 17.2. The highest BCUT2D eigenvalue weighted by molar-refractivity contribution is 6.63. The van der Waals surface area contributed by atoms with Crippen molar-refractivity contribution in [3.63, 3.8) is 0 Å². The fourth-order valence-corrected chi connectivity index (χ4v) is 2.98. The topological polar surface area (TPSA) is 70.8 Å². The van der Waals surface area contributed by atoms with E-state index in [1.807, 2.05) is 48.5 Å². The highest BCUT2D eigenvalue weighted by atomic mass is 16.7. The van der Waals surface area contributed by atoms with E-state index in [0.717, 1.165) is 22.2 Å². The Balaban J connectivity index is 2.65. The Labute approximate surface area is 138 Å². The van der Waals surface area contributed by atoms with Crippen molar-refractivity contribution in [1.29, 1.82) is 0 Å². The number of carbonyl (C=O) groups excluding carboxylic acids is 1. The first-order chi connectivity index (χ1) is 10.4. The van der Waals surface area contributed by atoms with E-state index in [1.54, 1.807) is 0 Å². The van der Waals surface area contributed by atoms with E-state index in [2.05, 4.69) is 0 Å². The van der Waals surface area contributed by atoms with E-state index in [1.165, 1.54) is 7.11 Å². The van der Waals surface area contributed by atoms with Crippen LogP contribution in [-0.4, -0.2) is 31.4 Å². The molecule has 1 fully saturated rings. The van der Waals surface area contributed by atoms with Crippen LogP contribution >= 0.6 is 0 Å². The van der Waals surface area contributed by atoms with Crippen LogP contribution in [0.15, 0.2) is 0 Å². The van der Waals surface area contributed by atoms with Gasteiger partial charge in [-0.05, 0) is 70.6 Å². The highest BCUT2D eigenvalue weighted by Gasteiger charge is 2.52. The Morgan fingerprint density at radius 2 is 1.48 bits per heavy atom. The zero-order chi connectivity index (χ0) is 17.7. The minimum Gasteiger partial charge on any atom is -0.465 e. The molecular formula is C17H26BNO4.